The molecular formula is C15H24N2O3S. The zero-order valence-corrected chi connectivity index (χ0v) is 13.5. The van der Waals surface area contributed by atoms with Crippen molar-refractivity contribution in [3.63, 3.8) is 0 Å². The van der Waals surface area contributed by atoms with Crippen molar-refractivity contribution in [3.05, 3.63) is 29.3 Å². The fraction of sp³-hybridized carbons (Fsp3) is 0.600. The Kier molecular flexibility index (Phi) is 5.37. The van der Waals surface area contributed by atoms with Crippen LogP contribution < -0.4 is 5.73 Å². The molecule has 21 heavy (non-hydrogen) atoms. The number of hydrogen-bond donors (Lipinski definition) is 1. The van der Waals surface area contributed by atoms with Crippen LogP contribution in [0, 0.1) is 0 Å². The van der Waals surface area contributed by atoms with E-state index in [1.165, 1.54) is 0 Å². The van der Waals surface area contributed by atoms with Crippen molar-refractivity contribution >= 4 is 10.0 Å². The van der Waals surface area contributed by atoms with E-state index in [0.29, 0.717) is 31.2 Å². The van der Waals surface area contributed by atoms with Gasteiger partial charge in [-0.2, -0.15) is 4.31 Å². The summed E-state index contributed by atoms with van der Waals surface area (Å²) < 4.78 is 32.7. The van der Waals surface area contributed by atoms with Gasteiger partial charge in [0.2, 0.25) is 10.0 Å². The van der Waals surface area contributed by atoms with Crippen molar-refractivity contribution in [1.82, 2.24) is 4.31 Å². The lowest BCUT2D eigenvalue weighted by atomic mass is 10.1. The Hall–Kier alpha value is -0.950. The molecule has 1 atom stereocenters. The number of nitrogens with zero attached hydrogens (tertiary/aromatic N) is 1. The second kappa shape index (κ2) is 6.87. The van der Waals surface area contributed by atoms with E-state index in [1.807, 2.05) is 19.9 Å². The lowest BCUT2D eigenvalue weighted by Gasteiger charge is -2.34. The normalized spacial score (nSPS) is 20.6. The van der Waals surface area contributed by atoms with Gasteiger partial charge in [-0.3, -0.25) is 0 Å². The van der Waals surface area contributed by atoms with Crippen LogP contribution in [0.5, 0.6) is 0 Å². The van der Waals surface area contributed by atoms with Crippen molar-refractivity contribution in [2.45, 2.75) is 44.2 Å². The van der Waals surface area contributed by atoms with Gasteiger partial charge in [-0.1, -0.05) is 19.9 Å². The van der Waals surface area contributed by atoms with E-state index < -0.39 is 10.0 Å². The van der Waals surface area contributed by atoms with Gasteiger partial charge >= 0.3 is 0 Å². The monoisotopic (exact) mass is 312 g/mol. The van der Waals surface area contributed by atoms with E-state index in [9.17, 15) is 8.42 Å². The third kappa shape index (κ3) is 3.29. The van der Waals surface area contributed by atoms with Crippen LogP contribution >= 0.6 is 0 Å². The molecule has 1 aliphatic rings. The predicted molar refractivity (Wildman–Crippen MR) is 82.5 cm³/mol. The Morgan fingerprint density at radius 3 is 2.71 bits per heavy atom. The van der Waals surface area contributed by atoms with Gasteiger partial charge in [0.05, 0.1) is 18.1 Å². The first kappa shape index (κ1) is 16.4. The van der Waals surface area contributed by atoms with Gasteiger partial charge in [-0.05, 0) is 36.1 Å². The van der Waals surface area contributed by atoms with Crippen LogP contribution in [0.2, 0.25) is 0 Å². The highest BCUT2D eigenvalue weighted by Crippen LogP contribution is 2.24. The number of nitrogens with two attached hydrogens (primary N) is 1. The molecule has 6 heteroatoms. The topological polar surface area (TPSA) is 72.6 Å². The van der Waals surface area contributed by atoms with E-state index in [4.69, 9.17) is 10.5 Å². The fourth-order valence-electron chi connectivity index (χ4n) is 2.71. The smallest absolute Gasteiger partial charge is 0.243 e. The first-order chi connectivity index (χ1) is 10.0. The van der Waals surface area contributed by atoms with Crippen LogP contribution in [0.1, 0.15) is 31.4 Å². The average molecular weight is 312 g/mol. The maximum absolute atomic E-state index is 12.9. The summed E-state index contributed by atoms with van der Waals surface area (Å²) in [5, 5.41) is 0. The van der Waals surface area contributed by atoms with Crippen LogP contribution in [-0.4, -0.2) is 38.5 Å². The van der Waals surface area contributed by atoms with Crippen molar-refractivity contribution in [2.75, 3.05) is 19.8 Å². The van der Waals surface area contributed by atoms with E-state index in [0.717, 1.165) is 24.0 Å². The second-order valence-corrected chi connectivity index (χ2v) is 7.13. The van der Waals surface area contributed by atoms with Crippen molar-refractivity contribution < 1.29 is 13.2 Å². The van der Waals surface area contributed by atoms with Gasteiger partial charge < -0.3 is 10.5 Å². The maximum atomic E-state index is 12.9. The number of ether oxygens (including phenoxy) is 1. The van der Waals surface area contributed by atoms with Crippen LogP contribution in [0.4, 0.5) is 0 Å². The van der Waals surface area contributed by atoms with E-state index in [1.54, 1.807) is 16.4 Å². The van der Waals surface area contributed by atoms with Gasteiger partial charge in [0.1, 0.15) is 0 Å². The summed E-state index contributed by atoms with van der Waals surface area (Å²) in [4.78, 5) is 0.334. The molecule has 0 saturated carbocycles. The highest BCUT2D eigenvalue weighted by Gasteiger charge is 2.33. The number of morpholine rings is 1. The molecule has 0 aromatic heterocycles. The quantitative estimate of drug-likeness (QED) is 0.894. The van der Waals surface area contributed by atoms with Gasteiger partial charge in [0.15, 0.2) is 0 Å². The first-order valence-electron chi connectivity index (χ1n) is 7.46. The predicted octanol–water partition coefficient (Wildman–Crippen LogP) is 1.51. The summed E-state index contributed by atoms with van der Waals surface area (Å²) in [6.07, 6.45) is 1.60. The average Bonchev–Trinajstić information content (AvgIpc) is 2.53. The third-order valence-electron chi connectivity index (χ3n) is 4.03. The number of rotatable bonds is 5. The minimum absolute atomic E-state index is 0.0871. The molecule has 0 spiro atoms. The Morgan fingerprint density at radius 2 is 2.10 bits per heavy atom. The molecular weight excluding hydrogens is 288 g/mol. The zero-order chi connectivity index (χ0) is 15.5. The van der Waals surface area contributed by atoms with Crippen LogP contribution in [0.3, 0.4) is 0 Å². The van der Waals surface area contributed by atoms with Gasteiger partial charge in [-0.15, -0.1) is 0 Å². The molecule has 2 N–H and O–H groups in total. The standard InChI is InChI=1S/C15H24N2O3S/c1-3-12-5-6-15(9-13(12)10-16)21(18,19)17-7-8-20-11-14(17)4-2/h5-6,9,14H,3-4,7-8,10-11,16H2,1-2H3. The summed E-state index contributed by atoms with van der Waals surface area (Å²) in [6.45, 7) is 5.70. The van der Waals surface area contributed by atoms with Crippen LogP contribution in [0.15, 0.2) is 23.1 Å². The molecule has 5 nitrogen and oxygen atoms in total. The molecule has 2 rings (SSSR count). The molecule has 1 aliphatic heterocycles. The fourth-order valence-corrected chi connectivity index (χ4v) is 4.43. The number of aryl methyl sites for hydroxylation is 1. The molecule has 1 heterocycles. The Labute approximate surface area is 127 Å². The summed E-state index contributed by atoms with van der Waals surface area (Å²) in [7, 11) is -3.48. The Bertz CT molecular complexity index is 587. The number of sulfonamides is 1. The summed E-state index contributed by atoms with van der Waals surface area (Å²) >= 11 is 0. The van der Waals surface area contributed by atoms with E-state index >= 15 is 0 Å². The minimum Gasteiger partial charge on any atom is -0.378 e. The van der Waals surface area contributed by atoms with E-state index in [2.05, 4.69) is 0 Å². The molecule has 0 aliphatic carbocycles. The molecule has 1 aromatic rings. The maximum Gasteiger partial charge on any atom is 0.243 e. The molecule has 1 saturated heterocycles. The van der Waals surface area contributed by atoms with Gasteiger partial charge in [-0.25, -0.2) is 8.42 Å². The van der Waals surface area contributed by atoms with Crippen LogP contribution in [-0.2, 0) is 27.7 Å². The second-order valence-electron chi connectivity index (χ2n) is 5.24. The first-order valence-corrected chi connectivity index (χ1v) is 8.90. The van der Waals surface area contributed by atoms with Crippen molar-refractivity contribution in [2.24, 2.45) is 5.73 Å². The third-order valence-corrected chi connectivity index (χ3v) is 5.98. The van der Waals surface area contributed by atoms with Gasteiger partial charge in [0.25, 0.3) is 0 Å². The van der Waals surface area contributed by atoms with Crippen LogP contribution in [0.25, 0.3) is 0 Å². The SMILES string of the molecule is CCc1ccc(S(=O)(=O)N2CCOCC2CC)cc1CN. The Balaban J connectivity index is 2.38. The molecule has 1 unspecified atom stereocenters. The molecule has 1 fully saturated rings. The molecule has 0 radical (unpaired) electrons. The van der Waals surface area contributed by atoms with E-state index in [-0.39, 0.29) is 6.04 Å². The van der Waals surface area contributed by atoms with Crippen molar-refractivity contribution in [1.29, 1.82) is 0 Å². The lowest BCUT2D eigenvalue weighted by Crippen LogP contribution is -2.48. The van der Waals surface area contributed by atoms with Gasteiger partial charge in [0, 0.05) is 19.1 Å². The molecule has 118 valence electrons. The highest BCUT2D eigenvalue weighted by atomic mass is 32.2. The zero-order valence-electron chi connectivity index (χ0n) is 12.7. The largest absolute Gasteiger partial charge is 0.378 e. The molecule has 0 bridgehead atoms. The summed E-state index contributed by atoms with van der Waals surface area (Å²) in [5.41, 5.74) is 7.75. The number of benzene rings is 1. The summed E-state index contributed by atoms with van der Waals surface area (Å²) in [5.74, 6) is 0. The summed E-state index contributed by atoms with van der Waals surface area (Å²) in [6, 6.07) is 5.19. The lowest BCUT2D eigenvalue weighted by molar-refractivity contribution is 0.0314. The molecule has 1 aromatic carbocycles. The molecule has 0 amide bonds. The highest BCUT2D eigenvalue weighted by molar-refractivity contribution is 7.89. The Morgan fingerprint density at radius 1 is 1.33 bits per heavy atom. The minimum atomic E-state index is -3.48. The number of hydrogen-bond acceptors (Lipinski definition) is 4. The van der Waals surface area contributed by atoms with Crippen molar-refractivity contribution in [3.8, 4) is 0 Å².